The van der Waals surface area contributed by atoms with Crippen LogP contribution in [0, 0.1) is 0 Å². The number of carbonyl (C=O) groups is 1. The molecular formula is C8H14O3. The zero-order valence-corrected chi connectivity index (χ0v) is 6.96. The van der Waals surface area contributed by atoms with Crippen LogP contribution in [0.3, 0.4) is 0 Å². The zero-order chi connectivity index (χ0) is 8.69. The van der Waals surface area contributed by atoms with Gasteiger partial charge in [0.05, 0.1) is 13.2 Å². The number of ether oxygens (including phenoxy) is 1. The summed E-state index contributed by atoms with van der Waals surface area (Å²) in [4.78, 5) is 10.8. The maximum absolute atomic E-state index is 10.8. The van der Waals surface area contributed by atoms with Crippen LogP contribution in [-0.2, 0) is 9.53 Å². The Labute approximate surface area is 66.7 Å². The molecule has 3 heteroatoms. The van der Waals surface area contributed by atoms with Crippen molar-refractivity contribution in [2.45, 2.75) is 20.3 Å². The molecule has 0 aliphatic rings. The van der Waals surface area contributed by atoms with Gasteiger partial charge in [0.2, 0.25) is 0 Å². The van der Waals surface area contributed by atoms with Gasteiger partial charge < -0.3 is 9.84 Å². The molecule has 0 radical (unpaired) electrons. The Balaban J connectivity index is 3.93. The average Bonchev–Trinajstić information content (AvgIpc) is 2.01. The second-order valence-electron chi connectivity index (χ2n) is 2.07. The molecule has 0 aliphatic heterocycles. The highest BCUT2D eigenvalue weighted by Crippen LogP contribution is 1.98. The van der Waals surface area contributed by atoms with E-state index in [1.165, 1.54) is 6.08 Å². The van der Waals surface area contributed by atoms with Gasteiger partial charge in [-0.3, -0.25) is 0 Å². The van der Waals surface area contributed by atoms with Crippen molar-refractivity contribution in [2.75, 3.05) is 13.2 Å². The highest BCUT2D eigenvalue weighted by atomic mass is 16.5. The molecule has 0 aromatic carbocycles. The van der Waals surface area contributed by atoms with Gasteiger partial charge in [0.1, 0.15) is 0 Å². The minimum Gasteiger partial charge on any atom is -0.463 e. The number of aliphatic hydroxyl groups is 1. The average molecular weight is 158 g/mol. The Morgan fingerprint density at radius 3 is 2.55 bits per heavy atom. The number of rotatable bonds is 4. The van der Waals surface area contributed by atoms with E-state index in [2.05, 4.69) is 4.74 Å². The van der Waals surface area contributed by atoms with E-state index in [9.17, 15) is 4.79 Å². The molecule has 0 bridgehead atoms. The van der Waals surface area contributed by atoms with E-state index < -0.39 is 0 Å². The van der Waals surface area contributed by atoms with Crippen LogP contribution in [-0.4, -0.2) is 24.3 Å². The normalized spacial score (nSPS) is 11.4. The van der Waals surface area contributed by atoms with Gasteiger partial charge in [0.15, 0.2) is 0 Å². The molecule has 0 heterocycles. The molecule has 0 rings (SSSR count). The Morgan fingerprint density at radius 1 is 1.55 bits per heavy atom. The minimum absolute atomic E-state index is 0.0741. The fourth-order valence-corrected chi connectivity index (χ4v) is 0.610. The number of carbonyl (C=O) groups excluding carboxylic acids is 1. The number of esters is 1. The highest BCUT2D eigenvalue weighted by Gasteiger charge is 1.98. The molecule has 0 amide bonds. The van der Waals surface area contributed by atoms with Gasteiger partial charge in [-0.2, -0.15) is 0 Å². The van der Waals surface area contributed by atoms with Gasteiger partial charge in [0, 0.05) is 6.08 Å². The smallest absolute Gasteiger partial charge is 0.330 e. The first-order valence-electron chi connectivity index (χ1n) is 3.71. The lowest BCUT2D eigenvalue weighted by Gasteiger charge is -1.99. The summed E-state index contributed by atoms with van der Waals surface area (Å²) < 4.78 is 4.65. The fraction of sp³-hybridized carbons (Fsp3) is 0.625. The molecule has 0 aliphatic carbocycles. The SMILES string of the molecule is CCOC(=O)/C=C(\CC)CO. The van der Waals surface area contributed by atoms with Crippen molar-refractivity contribution in [3.63, 3.8) is 0 Å². The lowest BCUT2D eigenvalue weighted by Crippen LogP contribution is -2.02. The standard InChI is InChI=1S/C8H14O3/c1-3-7(6-9)5-8(10)11-4-2/h5,9H,3-4,6H2,1-2H3/b7-5+. The lowest BCUT2D eigenvalue weighted by atomic mass is 10.2. The third-order valence-electron chi connectivity index (χ3n) is 1.27. The maximum atomic E-state index is 10.8. The van der Waals surface area contributed by atoms with E-state index in [0.717, 1.165) is 0 Å². The fourth-order valence-electron chi connectivity index (χ4n) is 0.610. The summed E-state index contributed by atoms with van der Waals surface area (Å²) in [5.74, 6) is -0.376. The Morgan fingerprint density at radius 2 is 2.18 bits per heavy atom. The summed E-state index contributed by atoms with van der Waals surface area (Å²) in [5.41, 5.74) is 0.698. The minimum atomic E-state index is -0.376. The van der Waals surface area contributed by atoms with E-state index in [1.807, 2.05) is 6.92 Å². The first-order valence-corrected chi connectivity index (χ1v) is 3.71. The molecular weight excluding hydrogens is 144 g/mol. The molecule has 0 aromatic heterocycles. The van der Waals surface area contributed by atoms with Crippen molar-refractivity contribution >= 4 is 5.97 Å². The van der Waals surface area contributed by atoms with Crippen LogP contribution < -0.4 is 0 Å². The number of hydrogen-bond donors (Lipinski definition) is 1. The molecule has 0 fully saturated rings. The Hall–Kier alpha value is -0.830. The molecule has 64 valence electrons. The lowest BCUT2D eigenvalue weighted by molar-refractivity contribution is -0.137. The van der Waals surface area contributed by atoms with Crippen molar-refractivity contribution in [2.24, 2.45) is 0 Å². The Bertz CT molecular complexity index is 143. The summed E-state index contributed by atoms with van der Waals surface area (Å²) in [6.45, 7) is 3.92. The van der Waals surface area contributed by atoms with Crippen molar-refractivity contribution in [3.05, 3.63) is 11.6 Å². The quantitative estimate of drug-likeness (QED) is 0.488. The molecule has 11 heavy (non-hydrogen) atoms. The van der Waals surface area contributed by atoms with Gasteiger partial charge in [0.25, 0.3) is 0 Å². The van der Waals surface area contributed by atoms with Gasteiger partial charge in [-0.05, 0) is 18.9 Å². The van der Waals surface area contributed by atoms with E-state index in [1.54, 1.807) is 6.92 Å². The van der Waals surface area contributed by atoms with Crippen molar-refractivity contribution in [3.8, 4) is 0 Å². The van der Waals surface area contributed by atoms with Crippen LogP contribution in [0.15, 0.2) is 11.6 Å². The van der Waals surface area contributed by atoms with E-state index >= 15 is 0 Å². The monoisotopic (exact) mass is 158 g/mol. The summed E-state index contributed by atoms with van der Waals surface area (Å²) in [5, 5.41) is 8.67. The first kappa shape index (κ1) is 10.2. The molecule has 0 unspecified atom stereocenters. The number of aliphatic hydroxyl groups excluding tert-OH is 1. The topological polar surface area (TPSA) is 46.5 Å². The van der Waals surface area contributed by atoms with Crippen LogP contribution >= 0.6 is 0 Å². The van der Waals surface area contributed by atoms with Crippen LogP contribution in [0.5, 0.6) is 0 Å². The van der Waals surface area contributed by atoms with Crippen molar-refractivity contribution in [1.82, 2.24) is 0 Å². The van der Waals surface area contributed by atoms with Crippen molar-refractivity contribution < 1.29 is 14.6 Å². The van der Waals surface area contributed by atoms with Crippen LogP contribution in [0.2, 0.25) is 0 Å². The largest absolute Gasteiger partial charge is 0.463 e. The third kappa shape index (κ3) is 4.56. The van der Waals surface area contributed by atoms with Gasteiger partial charge in [-0.25, -0.2) is 4.79 Å². The molecule has 0 saturated carbocycles. The predicted molar refractivity (Wildman–Crippen MR) is 42.1 cm³/mol. The summed E-state index contributed by atoms with van der Waals surface area (Å²) in [7, 11) is 0. The second kappa shape index (κ2) is 5.92. The molecule has 0 spiro atoms. The van der Waals surface area contributed by atoms with Gasteiger partial charge in [-0.15, -0.1) is 0 Å². The van der Waals surface area contributed by atoms with Crippen molar-refractivity contribution in [1.29, 1.82) is 0 Å². The van der Waals surface area contributed by atoms with Crippen LogP contribution in [0.1, 0.15) is 20.3 Å². The molecule has 3 nitrogen and oxygen atoms in total. The zero-order valence-electron chi connectivity index (χ0n) is 6.96. The van der Waals surface area contributed by atoms with E-state index in [4.69, 9.17) is 5.11 Å². The first-order chi connectivity index (χ1) is 5.24. The highest BCUT2D eigenvalue weighted by molar-refractivity contribution is 5.82. The van der Waals surface area contributed by atoms with E-state index in [0.29, 0.717) is 18.6 Å². The van der Waals surface area contributed by atoms with E-state index in [-0.39, 0.29) is 12.6 Å². The second-order valence-corrected chi connectivity index (χ2v) is 2.07. The molecule has 0 saturated heterocycles. The number of hydrogen-bond acceptors (Lipinski definition) is 3. The molecule has 0 aromatic rings. The van der Waals surface area contributed by atoms with Gasteiger partial charge >= 0.3 is 5.97 Å². The van der Waals surface area contributed by atoms with Gasteiger partial charge in [-0.1, -0.05) is 6.92 Å². The van der Waals surface area contributed by atoms with Crippen LogP contribution in [0.25, 0.3) is 0 Å². The predicted octanol–water partition coefficient (Wildman–Crippen LogP) is 0.878. The Kier molecular flexibility index (Phi) is 5.47. The third-order valence-corrected chi connectivity index (χ3v) is 1.27. The molecule has 0 atom stereocenters. The maximum Gasteiger partial charge on any atom is 0.330 e. The molecule has 1 N–H and O–H groups in total. The summed E-state index contributed by atoms with van der Waals surface area (Å²) in [6.07, 6.45) is 2.01. The van der Waals surface area contributed by atoms with Crippen LogP contribution in [0.4, 0.5) is 0 Å². The summed E-state index contributed by atoms with van der Waals surface area (Å²) >= 11 is 0. The summed E-state index contributed by atoms with van der Waals surface area (Å²) in [6, 6.07) is 0.